The molecular formula is C22H18ClN3OS. The number of aromatic nitrogens is 2. The zero-order valence-electron chi connectivity index (χ0n) is 15.1. The summed E-state index contributed by atoms with van der Waals surface area (Å²) in [7, 11) is 0. The Hall–Kier alpha value is -2.63. The zero-order valence-corrected chi connectivity index (χ0v) is 16.6. The SMILES string of the molecule is O=C(Cc1csc2nc(-c3ccccc3)cn12)NC1CCc2cc(Cl)ccc21. The van der Waals surface area contributed by atoms with E-state index in [1.54, 1.807) is 11.3 Å². The summed E-state index contributed by atoms with van der Waals surface area (Å²) in [5.74, 6) is 0.0301. The average molecular weight is 408 g/mol. The van der Waals surface area contributed by atoms with Crippen LogP contribution in [0.3, 0.4) is 0 Å². The van der Waals surface area contributed by atoms with Crippen LogP contribution in [-0.2, 0) is 17.6 Å². The minimum atomic E-state index is 0.0301. The van der Waals surface area contributed by atoms with Crippen LogP contribution < -0.4 is 5.32 Å². The highest BCUT2D eigenvalue weighted by Gasteiger charge is 2.24. The van der Waals surface area contributed by atoms with E-state index in [4.69, 9.17) is 11.6 Å². The van der Waals surface area contributed by atoms with Crippen molar-refractivity contribution in [1.29, 1.82) is 0 Å². The summed E-state index contributed by atoms with van der Waals surface area (Å²) in [5, 5.41) is 5.95. The maximum atomic E-state index is 12.7. The number of aryl methyl sites for hydroxylation is 1. The highest BCUT2D eigenvalue weighted by atomic mass is 35.5. The van der Waals surface area contributed by atoms with Gasteiger partial charge in [0.05, 0.1) is 18.2 Å². The first kappa shape index (κ1) is 17.5. The number of halogens is 1. The van der Waals surface area contributed by atoms with Crippen molar-refractivity contribution in [2.45, 2.75) is 25.3 Å². The molecular weight excluding hydrogens is 390 g/mol. The quantitative estimate of drug-likeness (QED) is 0.513. The maximum Gasteiger partial charge on any atom is 0.226 e. The predicted molar refractivity (Wildman–Crippen MR) is 113 cm³/mol. The van der Waals surface area contributed by atoms with E-state index in [9.17, 15) is 4.79 Å². The van der Waals surface area contributed by atoms with E-state index in [2.05, 4.69) is 10.3 Å². The normalized spacial score (nSPS) is 15.7. The van der Waals surface area contributed by atoms with Crippen molar-refractivity contribution in [1.82, 2.24) is 14.7 Å². The minimum Gasteiger partial charge on any atom is -0.349 e. The number of nitrogens with one attached hydrogen (secondary N) is 1. The lowest BCUT2D eigenvalue weighted by Crippen LogP contribution is -2.28. The van der Waals surface area contributed by atoms with E-state index >= 15 is 0 Å². The second-order valence-corrected chi connectivity index (χ2v) is 8.32. The van der Waals surface area contributed by atoms with Crippen molar-refractivity contribution in [2.75, 3.05) is 0 Å². The average Bonchev–Trinajstić information content (AvgIpc) is 3.38. The molecule has 1 aliphatic carbocycles. The fraction of sp³-hybridized carbons (Fsp3) is 0.182. The number of rotatable bonds is 4. The van der Waals surface area contributed by atoms with Crippen LogP contribution in [0.25, 0.3) is 16.2 Å². The Labute approximate surface area is 171 Å². The number of nitrogens with zero attached hydrogens (tertiary/aromatic N) is 2. The summed E-state index contributed by atoms with van der Waals surface area (Å²) in [6.45, 7) is 0. The molecule has 1 N–H and O–H groups in total. The van der Waals surface area contributed by atoms with Crippen molar-refractivity contribution in [3.05, 3.63) is 82.0 Å². The first-order chi connectivity index (χ1) is 13.7. The second-order valence-electron chi connectivity index (χ2n) is 7.05. The van der Waals surface area contributed by atoms with E-state index in [-0.39, 0.29) is 11.9 Å². The van der Waals surface area contributed by atoms with Crippen molar-refractivity contribution < 1.29 is 4.79 Å². The molecule has 1 unspecified atom stereocenters. The van der Waals surface area contributed by atoms with Crippen molar-refractivity contribution in [3.8, 4) is 11.3 Å². The third-order valence-electron chi connectivity index (χ3n) is 5.21. The monoisotopic (exact) mass is 407 g/mol. The molecule has 0 saturated carbocycles. The van der Waals surface area contributed by atoms with Crippen LogP contribution in [0, 0.1) is 0 Å². The fourth-order valence-electron chi connectivity index (χ4n) is 3.85. The first-order valence-corrected chi connectivity index (χ1v) is 10.5. The van der Waals surface area contributed by atoms with Crippen LogP contribution in [0.5, 0.6) is 0 Å². The lowest BCUT2D eigenvalue weighted by molar-refractivity contribution is -0.121. The summed E-state index contributed by atoms with van der Waals surface area (Å²) in [6, 6.07) is 16.1. The number of fused-ring (bicyclic) bond motifs is 2. The molecule has 0 fully saturated rings. The Morgan fingerprint density at radius 2 is 2.11 bits per heavy atom. The van der Waals surface area contributed by atoms with Crippen LogP contribution in [0.4, 0.5) is 0 Å². The van der Waals surface area contributed by atoms with E-state index in [1.807, 2.05) is 64.5 Å². The number of imidazole rings is 1. The number of benzene rings is 2. The molecule has 1 amide bonds. The molecule has 1 atom stereocenters. The van der Waals surface area contributed by atoms with Gasteiger partial charge in [0.2, 0.25) is 5.91 Å². The van der Waals surface area contributed by atoms with Gasteiger partial charge in [-0.2, -0.15) is 0 Å². The van der Waals surface area contributed by atoms with Crippen molar-refractivity contribution in [2.24, 2.45) is 0 Å². The molecule has 5 rings (SSSR count). The Morgan fingerprint density at radius 1 is 1.25 bits per heavy atom. The van der Waals surface area contributed by atoms with Crippen LogP contribution >= 0.6 is 22.9 Å². The van der Waals surface area contributed by atoms with Crippen molar-refractivity contribution >= 4 is 33.8 Å². The smallest absolute Gasteiger partial charge is 0.226 e. The number of amides is 1. The molecule has 0 radical (unpaired) electrons. The van der Waals surface area contributed by atoms with Crippen LogP contribution in [0.15, 0.2) is 60.1 Å². The van der Waals surface area contributed by atoms with Crippen LogP contribution in [0.2, 0.25) is 5.02 Å². The summed E-state index contributed by atoms with van der Waals surface area (Å²) in [5.41, 5.74) is 5.38. The Morgan fingerprint density at radius 3 is 2.96 bits per heavy atom. The molecule has 28 heavy (non-hydrogen) atoms. The molecule has 4 aromatic rings. The number of hydrogen-bond donors (Lipinski definition) is 1. The second kappa shape index (κ2) is 7.08. The minimum absolute atomic E-state index is 0.0301. The summed E-state index contributed by atoms with van der Waals surface area (Å²) < 4.78 is 2.02. The molecule has 140 valence electrons. The topological polar surface area (TPSA) is 46.4 Å². The van der Waals surface area contributed by atoms with Gasteiger partial charge >= 0.3 is 0 Å². The molecule has 2 aromatic carbocycles. The number of carbonyl (C=O) groups excluding carboxylic acids is 1. The summed E-state index contributed by atoms with van der Waals surface area (Å²) in [4.78, 5) is 18.3. The van der Waals surface area contributed by atoms with Gasteiger partial charge in [-0.15, -0.1) is 11.3 Å². The largest absolute Gasteiger partial charge is 0.349 e. The number of carbonyl (C=O) groups is 1. The molecule has 6 heteroatoms. The van der Waals surface area contributed by atoms with Gasteiger partial charge < -0.3 is 5.32 Å². The van der Waals surface area contributed by atoms with Crippen molar-refractivity contribution in [3.63, 3.8) is 0 Å². The Bertz CT molecular complexity index is 1170. The molecule has 2 heterocycles. The molecule has 0 spiro atoms. The molecule has 0 aliphatic heterocycles. The highest BCUT2D eigenvalue weighted by molar-refractivity contribution is 7.15. The standard InChI is InChI=1S/C22H18ClN3OS/c23-16-7-8-18-15(10-16)6-9-19(18)24-21(27)11-17-13-28-22-25-20(12-26(17)22)14-4-2-1-3-5-14/h1-5,7-8,10,12-13,19H,6,9,11H2,(H,24,27). The zero-order chi connectivity index (χ0) is 19.1. The van der Waals surface area contributed by atoms with Gasteiger partial charge in [0.1, 0.15) is 0 Å². The third kappa shape index (κ3) is 3.21. The van der Waals surface area contributed by atoms with E-state index in [0.717, 1.165) is 39.8 Å². The van der Waals surface area contributed by atoms with Gasteiger partial charge in [-0.25, -0.2) is 4.98 Å². The van der Waals surface area contributed by atoms with Gasteiger partial charge in [0, 0.05) is 27.9 Å². The molecule has 1 aliphatic rings. The van der Waals surface area contributed by atoms with Crippen LogP contribution in [-0.4, -0.2) is 15.3 Å². The Balaban J connectivity index is 1.33. The highest BCUT2D eigenvalue weighted by Crippen LogP contribution is 2.33. The number of hydrogen-bond acceptors (Lipinski definition) is 3. The fourth-order valence-corrected chi connectivity index (χ4v) is 4.92. The van der Waals surface area contributed by atoms with E-state index in [1.165, 1.54) is 11.1 Å². The van der Waals surface area contributed by atoms with Gasteiger partial charge in [-0.05, 0) is 36.1 Å². The third-order valence-corrected chi connectivity index (χ3v) is 6.34. The summed E-state index contributed by atoms with van der Waals surface area (Å²) >= 11 is 7.64. The first-order valence-electron chi connectivity index (χ1n) is 9.26. The van der Waals surface area contributed by atoms with Gasteiger partial charge in [-0.1, -0.05) is 48.0 Å². The van der Waals surface area contributed by atoms with Gasteiger partial charge in [-0.3, -0.25) is 9.20 Å². The molecule has 4 nitrogen and oxygen atoms in total. The number of thiazole rings is 1. The molecule has 0 bridgehead atoms. The Kier molecular flexibility index (Phi) is 4.41. The van der Waals surface area contributed by atoms with Gasteiger partial charge in [0.15, 0.2) is 4.96 Å². The lowest BCUT2D eigenvalue weighted by atomic mass is 10.1. The summed E-state index contributed by atoms with van der Waals surface area (Å²) in [6.07, 6.45) is 4.22. The van der Waals surface area contributed by atoms with Crippen LogP contribution in [0.1, 0.15) is 29.3 Å². The molecule has 0 saturated heterocycles. The predicted octanol–water partition coefficient (Wildman–Crippen LogP) is 5.06. The van der Waals surface area contributed by atoms with E-state index in [0.29, 0.717) is 6.42 Å². The molecule has 2 aromatic heterocycles. The lowest BCUT2D eigenvalue weighted by Gasteiger charge is -2.14. The van der Waals surface area contributed by atoms with Gasteiger partial charge in [0.25, 0.3) is 0 Å². The van der Waals surface area contributed by atoms with E-state index < -0.39 is 0 Å². The maximum absolute atomic E-state index is 12.7.